The normalized spacial score (nSPS) is 12.2. The summed E-state index contributed by atoms with van der Waals surface area (Å²) in [6, 6.07) is 7.54. The Morgan fingerprint density at radius 3 is 2.62 bits per heavy atom. The first-order chi connectivity index (χ1) is 11.4. The Kier molecular flexibility index (Phi) is 3.27. The topological polar surface area (TPSA) is 69.4 Å². The first-order valence-corrected chi connectivity index (χ1v) is 7.68. The third kappa shape index (κ3) is 2.50. The zero-order chi connectivity index (χ0) is 16.9. The highest BCUT2D eigenvalue weighted by molar-refractivity contribution is 9.10. The standard InChI is InChI=1S/C15H9BrF3N5/c16-11-5-4-8-13(23-11)10(6-20-8)22-14-21-9-3-1-2-7(12(9)24-14)15(17,18)19/h1-6,20H,(H2,21,22,24). The van der Waals surface area contributed by atoms with Crippen LogP contribution in [0, 0.1) is 0 Å². The minimum Gasteiger partial charge on any atom is -0.358 e. The molecule has 0 atom stereocenters. The number of aromatic amines is 2. The Bertz CT molecular complexity index is 1050. The number of nitrogens with one attached hydrogen (secondary N) is 3. The van der Waals surface area contributed by atoms with E-state index in [1.54, 1.807) is 18.3 Å². The van der Waals surface area contributed by atoms with Gasteiger partial charge in [0.1, 0.15) is 15.6 Å². The molecule has 0 amide bonds. The zero-order valence-corrected chi connectivity index (χ0v) is 13.5. The Labute approximate surface area is 141 Å². The Morgan fingerprint density at radius 2 is 1.83 bits per heavy atom. The highest BCUT2D eigenvalue weighted by Crippen LogP contribution is 2.35. The van der Waals surface area contributed by atoms with Crippen molar-refractivity contribution >= 4 is 49.6 Å². The third-order valence-electron chi connectivity index (χ3n) is 3.56. The molecular weight excluding hydrogens is 387 g/mol. The van der Waals surface area contributed by atoms with E-state index in [0.29, 0.717) is 21.3 Å². The van der Waals surface area contributed by atoms with E-state index in [9.17, 15) is 13.2 Å². The van der Waals surface area contributed by atoms with Crippen molar-refractivity contribution in [1.82, 2.24) is 19.9 Å². The van der Waals surface area contributed by atoms with Gasteiger partial charge in [-0.15, -0.1) is 0 Å². The molecule has 0 aliphatic heterocycles. The molecule has 3 N–H and O–H groups in total. The van der Waals surface area contributed by atoms with Crippen LogP contribution in [0.3, 0.4) is 0 Å². The molecule has 24 heavy (non-hydrogen) atoms. The monoisotopic (exact) mass is 395 g/mol. The van der Waals surface area contributed by atoms with Crippen molar-refractivity contribution in [3.8, 4) is 0 Å². The van der Waals surface area contributed by atoms with E-state index >= 15 is 0 Å². The van der Waals surface area contributed by atoms with Gasteiger partial charge in [-0.1, -0.05) is 6.07 Å². The first kappa shape index (κ1) is 15.0. The molecule has 0 saturated carbocycles. The van der Waals surface area contributed by atoms with E-state index in [-0.39, 0.29) is 11.5 Å². The quantitative estimate of drug-likeness (QED) is 0.420. The molecule has 0 aliphatic carbocycles. The SMILES string of the molecule is FC(F)(F)c1cccc2[nH]c(Nc3c[nH]c4ccc(Br)nc34)nc12. The van der Waals surface area contributed by atoms with Gasteiger partial charge in [0.05, 0.1) is 22.3 Å². The van der Waals surface area contributed by atoms with Crippen molar-refractivity contribution in [2.75, 3.05) is 5.32 Å². The van der Waals surface area contributed by atoms with Gasteiger partial charge in [0.25, 0.3) is 0 Å². The van der Waals surface area contributed by atoms with Crippen molar-refractivity contribution in [3.63, 3.8) is 0 Å². The number of hydrogen-bond acceptors (Lipinski definition) is 3. The van der Waals surface area contributed by atoms with Gasteiger partial charge >= 0.3 is 6.18 Å². The van der Waals surface area contributed by atoms with Crippen LogP contribution in [0.25, 0.3) is 22.1 Å². The fraction of sp³-hybridized carbons (Fsp3) is 0.0667. The lowest BCUT2D eigenvalue weighted by atomic mass is 10.2. The van der Waals surface area contributed by atoms with E-state index in [4.69, 9.17) is 0 Å². The number of alkyl halides is 3. The van der Waals surface area contributed by atoms with Gasteiger partial charge in [-0.2, -0.15) is 13.2 Å². The molecule has 3 heterocycles. The Hall–Kier alpha value is -2.55. The molecule has 1 aromatic carbocycles. The Balaban J connectivity index is 1.78. The number of H-pyrrole nitrogens is 2. The van der Waals surface area contributed by atoms with Crippen LogP contribution in [-0.2, 0) is 6.18 Å². The fourth-order valence-corrected chi connectivity index (χ4v) is 2.83. The number of pyridine rings is 1. The van der Waals surface area contributed by atoms with Crippen molar-refractivity contribution in [1.29, 1.82) is 0 Å². The first-order valence-electron chi connectivity index (χ1n) is 6.88. The van der Waals surface area contributed by atoms with Crippen molar-refractivity contribution in [2.24, 2.45) is 0 Å². The number of imidazole rings is 1. The van der Waals surface area contributed by atoms with Crippen LogP contribution in [0.2, 0.25) is 0 Å². The number of rotatable bonds is 2. The van der Waals surface area contributed by atoms with Crippen LogP contribution >= 0.6 is 15.9 Å². The summed E-state index contributed by atoms with van der Waals surface area (Å²) in [4.78, 5) is 14.3. The Morgan fingerprint density at radius 1 is 1.00 bits per heavy atom. The predicted octanol–water partition coefficient (Wildman–Crippen LogP) is 4.96. The third-order valence-corrected chi connectivity index (χ3v) is 4.00. The van der Waals surface area contributed by atoms with Gasteiger partial charge in [0.2, 0.25) is 5.95 Å². The average molecular weight is 396 g/mol. The van der Waals surface area contributed by atoms with Crippen molar-refractivity contribution in [2.45, 2.75) is 6.18 Å². The van der Waals surface area contributed by atoms with E-state index in [1.807, 2.05) is 6.07 Å². The summed E-state index contributed by atoms with van der Waals surface area (Å²) in [6.45, 7) is 0. The maximum atomic E-state index is 13.1. The van der Waals surface area contributed by atoms with Crippen LogP contribution in [0.4, 0.5) is 24.8 Å². The van der Waals surface area contributed by atoms with E-state index in [1.165, 1.54) is 6.07 Å². The minimum atomic E-state index is -4.46. The molecule has 9 heteroatoms. The van der Waals surface area contributed by atoms with Crippen LogP contribution in [0.5, 0.6) is 0 Å². The molecule has 5 nitrogen and oxygen atoms in total. The van der Waals surface area contributed by atoms with E-state index in [2.05, 4.69) is 41.2 Å². The summed E-state index contributed by atoms with van der Waals surface area (Å²) < 4.78 is 39.8. The average Bonchev–Trinajstić information content (AvgIpc) is 3.10. The molecular formula is C15H9BrF3N5. The van der Waals surface area contributed by atoms with Gasteiger partial charge in [0, 0.05) is 6.20 Å². The number of halogens is 4. The maximum Gasteiger partial charge on any atom is 0.418 e. The lowest BCUT2D eigenvalue weighted by molar-refractivity contribution is -0.136. The maximum absolute atomic E-state index is 13.1. The van der Waals surface area contributed by atoms with Gasteiger partial charge in [-0.3, -0.25) is 0 Å². The molecule has 0 fully saturated rings. The summed E-state index contributed by atoms with van der Waals surface area (Å²) in [5.41, 5.74) is 1.47. The molecule has 0 radical (unpaired) electrons. The molecule has 3 aromatic heterocycles. The molecule has 4 rings (SSSR count). The highest BCUT2D eigenvalue weighted by atomic mass is 79.9. The smallest absolute Gasteiger partial charge is 0.358 e. The van der Waals surface area contributed by atoms with Crippen molar-refractivity contribution in [3.05, 3.63) is 46.7 Å². The van der Waals surface area contributed by atoms with Crippen LogP contribution < -0.4 is 5.32 Å². The molecule has 0 bridgehead atoms. The summed E-state index contributed by atoms with van der Waals surface area (Å²) in [5.74, 6) is 0.212. The molecule has 122 valence electrons. The van der Waals surface area contributed by atoms with E-state index < -0.39 is 11.7 Å². The van der Waals surface area contributed by atoms with E-state index in [0.717, 1.165) is 11.6 Å². The lowest BCUT2D eigenvalue weighted by Crippen LogP contribution is -2.05. The van der Waals surface area contributed by atoms with Crippen LogP contribution in [0.15, 0.2) is 41.1 Å². The van der Waals surface area contributed by atoms with Gasteiger partial charge in [-0.25, -0.2) is 9.97 Å². The largest absolute Gasteiger partial charge is 0.418 e. The van der Waals surface area contributed by atoms with Gasteiger partial charge < -0.3 is 15.3 Å². The predicted molar refractivity (Wildman–Crippen MR) is 88.2 cm³/mol. The number of aromatic nitrogens is 4. The number of hydrogen-bond donors (Lipinski definition) is 3. The van der Waals surface area contributed by atoms with Gasteiger partial charge in [-0.05, 0) is 40.2 Å². The number of para-hydroxylation sites is 1. The molecule has 4 aromatic rings. The minimum absolute atomic E-state index is 0.124. The van der Waals surface area contributed by atoms with Gasteiger partial charge in [0.15, 0.2) is 0 Å². The summed E-state index contributed by atoms with van der Waals surface area (Å²) in [7, 11) is 0. The number of nitrogens with zero attached hydrogens (tertiary/aromatic N) is 2. The zero-order valence-electron chi connectivity index (χ0n) is 11.9. The second-order valence-corrected chi connectivity index (χ2v) is 5.95. The second kappa shape index (κ2) is 5.23. The molecule has 0 unspecified atom stereocenters. The summed E-state index contributed by atoms with van der Waals surface area (Å²) in [6.07, 6.45) is -2.78. The second-order valence-electron chi connectivity index (χ2n) is 5.14. The molecule has 0 aliphatic rings. The van der Waals surface area contributed by atoms with Crippen molar-refractivity contribution < 1.29 is 13.2 Å². The summed E-state index contributed by atoms with van der Waals surface area (Å²) in [5, 5.41) is 2.97. The van der Waals surface area contributed by atoms with Crippen LogP contribution in [0.1, 0.15) is 5.56 Å². The van der Waals surface area contributed by atoms with Crippen LogP contribution in [-0.4, -0.2) is 19.9 Å². The highest BCUT2D eigenvalue weighted by Gasteiger charge is 2.33. The lowest BCUT2D eigenvalue weighted by Gasteiger charge is -2.05. The molecule has 0 saturated heterocycles. The number of fused-ring (bicyclic) bond motifs is 2. The fourth-order valence-electron chi connectivity index (χ4n) is 2.52. The summed E-state index contributed by atoms with van der Waals surface area (Å²) >= 11 is 3.29. The number of anilines is 2. The molecule has 0 spiro atoms. The number of benzene rings is 1.